The van der Waals surface area contributed by atoms with Crippen LogP contribution >= 0.6 is 0 Å². The molecule has 3 fully saturated rings. The summed E-state index contributed by atoms with van der Waals surface area (Å²) in [6.07, 6.45) is 1.95. The standard InChI is InChI=1S/C21H22FN5O4/c1-11(28)24-5-13-7-27(21(30)31-13)12-2-3-14(17(22)4-12)19-15-8-26(9-16(15)19)20(29)18-6-23-10-25-18/h2-4,6,10,13,15-16,19H,5,7-9H2,1H3,(H,23,25)(H,24,28)/t13-,15-,16+,19?/m0/s1. The van der Waals surface area contributed by atoms with Crippen molar-refractivity contribution in [3.8, 4) is 0 Å². The molecule has 162 valence electrons. The van der Waals surface area contributed by atoms with E-state index in [9.17, 15) is 18.8 Å². The van der Waals surface area contributed by atoms with Gasteiger partial charge in [-0.15, -0.1) is 0 Å². The van der Waals surface area contributed by atoms with Crippen LogP contribution in [0.5, 0.6) is 0 Å². The summed E-state index contributed by atoms with van der Waals surface area (Å²) in [4.78, 5) is 45.5. The number of cyclic esters (lactones) is 1. The van der Waals surface area contributed by atoms with Gasteiger partial charge in [0.05, 0.1) is 31.3 Å². The van der Waals surface area contributed by atoms with Crippen LogP contribution in [0, 0.1) is 17.7 Å². The maximum atomic E-state index is 14.9. The van der Waals surface area contributed by atoms with E-state index in [0.29, 0.717) is 30.0 Å². The van der Waals surface area contributed by atoms with Gasteiger partial charge >= 0.3 is 6.09 Å². The molecular weight excluding hydrogens is 405 g/mol. The lowest BCUT2D eigenvalue weighted by Crippen LogP contribution is -2.33. The highest BCUT2D eigenvalue weighted by Crippen LogP contribution is 2.58. The summed E-state index contributed by atoms with van der Waals surface area (Å²) in [6, 6.07) is 4.81. The van der Waals surface area contributed by atoms with Gasteiger partial charge in [-0.2, -0.15) is 0 Å². The fourth-order valence-electron chi connectivity index (χ4n) is 4.75. The molecular formula is C21H22FN5O4. The van der Waals surface area contributed by atoms with Crippen LogP contribution < -0.4 is 10.2 Å². The first kappa shape index (κ1) is 19.5. The third kappa shape index (κ3) is 3.51. The molecule has 2 aromatic rings. The Bertz CT molecular complexity index is 1030. The molecule has 3 aliphatic rings. The Morgan fingerprint density at radius 2 is 2.06 bits per heavy atom. The van der Waals surface area contributed by atoms with Crippen molar-refractivity contribution < 1.29 is 23.5 Å². The number of nitrogens with one attached hydrogen (secondary N) is 2. The largest absolute Gasteiger partial charge is 0.442 e. The van der Waals surface area contributed by atoms with Crippen LogP contribution in [-0.2, 0) is 9.53 Å². The zero-order valence-electron chi connectivity index (χ0n) is 16.9. The van der Waals surface area contributed by atoms with E-state index in [-0.39, 0.29) is 48.5 Å². The van der Waals surface area contributed by atoms with Gasteiger partial charge in [-0.3, -0.25) is 14.5 Å². The number of imidazole rings is 1. The Kier molecular flexibility index (Phi) is 4.64. The molecule has 2 aliphatic heterocycles. The molecule has 4 atom stereocenters. The third-order valence-corrected chi connectivity index (χ3v) is 6.32. The normalized spacial score (nSPS) is 26.6. The molecule has 0 spiro atoms. The topological polar surface area (TPSA) is 108 Å². The average Bonchev–Trinajstić information content (AvgIpc) is 3.21. The number of aromatic amines is 1. The lowest BCUT2D eigenvalue weighted by molar-refractivity contribution is -0.119. The van der Waals surface area contributed by atoms with Crippen molar-refractivity contribution in [3.05, 3.63) is 47.8 Å². The quantitative estimate of drug-likeness (QED) is 0.752. The zero-order valence-corrected chi connectivity index (χ0v) is 16.9. The van der Waals surface area contributed by atoms with E-state index < -0.39 is 12.2 Å². The summed E-state index contributed by atoms with van der Waals surface area (Å²) in [5.74, 6) is -0.0817. The molecule has 10 heteroatoms. The minimum Gasteiger partial charge on any atom is -0.442 e. The molecule has 0 radical (unpaired) electrons. The van der Waals surface area contributed by atoms with Crippen LogP contribution in [0.25, 0.3) is 0 Å². The SMILES string of the molecule is CC(=O)NC[C@H]1CN(c2ccc(C3[C@H]4CN(C(=O)c5cnc[nH]5)C[C@@H]34)c(F)c2)C(=O)O1. The van der Waals surface area contributed by atoms with Gasteiger partial charge in [-0.05, 0) is 35.4 Å². The van der Waals surface area contributed by atoms with Gasteiger partial charge in [0.2, 0.25) is 5.91 Å². The number of aromatic nitrogens is 2. The number of carbonyl (C=O) groups is 3. The van der Waals surface area contributed by atoms with Gasteiger partial charge in [0, 0.05) is 20.0 Å². The summed E-state index contributed by atoms with van der Waals surface area (Å²) < 4.78 is 20.2. The lowest BCUT2D eigenvalue weighted by Gasteiger charge is -2.20. The second kappa shape index (κ2) is 7.36. The molecule has 1 aliphatic carbocycles. The Hall–Kier alpha value is -3.43. The van der Waals surface area contributed by atoms with Gasteiger partial charge in [-0.1, -0.05) is 6.07 Å². The van der Waals surface area contributed by atoms with Crippen LogP contribution in [0.1, 0.15) is 28.9 Å². The molecule has 2 saturated heterocycles. The summed E-state index contributed by atoms with van der Waals surface area (Å²) in [5, 5.41) is 2.62. The van der Waals surface area contributed by atoms with E-state index in [1.807, 2.05) is 0 Å². The van der Waals surface area contributed by atoms with E-state index in [1.54, 1.807) is 17.0 Å². The number of hydrogen-bond acceptors (Lipinski definition) is 5. The minimum atomic E-state index is -0.557. The number of likely N-dealkylation sites (tertiary alicyclic amines) is 1. The average molecular weight is 427 g/mol. The number of hydrogen-bond donors (Lipinski definition) is 2. The van der Waals surface area contributed by atoms with Crippen molar-refractivity contribution in [1.82, 2.24) is 20.2 Å². The number of rotatable bonds is 5. The van der Waals surface area contributed by atoms with Crippen LogP contribution in [0.4, 0.5) is 14.9 Å². The van der Waals surface area contributed by atoms with Crippen molar-refractivity contribution in [2.24, 2.45) is 11.8 Å². The van der Waals surface area contributed by atoms with Crippen molar-refractivity contribution >= 4 is 23.6 Å². The molecule has 2 N–H and O–H groups in total. The van der Waals surface area contributed by atoms with Gasteiger partial charge in [0.25, 0.3) is 5.91 Å². The Morgan fingerprint density at radius 3 is 2.71 bits per heavy atom. The van der Waals surface area contributed by atoms with Crippen molar-refractivity contribution in [1.29, 1.82) is 0 Å². The molecule has 1 aromatic carbocycles. The smallest absolute Gasteiger partial charge is 0.414 e. The maximum Gasteiger partial charge on any atom is 0.414 e. The number of fused-ring (bicyclic) bond motifs is 1. The van der Waals surface area contributed by atoms with E-state index in [4.69, 9.17) is 4.74 Å². The van der Waals surface area contributed by atoms with Crippen LogP contribution in [0.3, 0.4) is 0 Å². The van der Waals surface area contributed by atoms with Crippen LogP contribution in [-0.4, -0.2) is 65.1 Å². The molecule has 1 aromatic heterocycles. The number of amides is 3. The number of benzene rings is 1. The maximum absolute atomic E-state index is 14.9. The van der Waals surface area contributed by atoms with Gasteiger partial charge < -0.3 is 19.9 Å². The van der Waals surface area contributed by atoms with E-state index in [1.165, 1.54) is 30.4 Å². The number of H-pyrrole nitrogens is 1. The van der Waals surface area contributed by atoms with E-state index in [0.717, 1.165) is 0 Å². The van der Waals surface area contributed by atoms with Gasteiger partial charge in [-0.25, -0.2) is 14.2 Å². The Morgan fingerprint density at radius 1 is 1.29 bits per heavy atom. The van der Waals surface area contributed by atoms with Gasteiger partial charge in [0.1, 0.15) is 17.6 Å². The summed E-state index contributed by atoms with van der Waals surface area (Å²) in [6.45, 7) is 3.05. The first-order valence-corrected chi connectivity index (χ1v) is 10.2. The molecule has 3 heterocycles. The first-order chi connectivity index (χ1) is 14.9. The number of piperidine rings is 1. The minimum absolute atomic E-state index is 0.0814. The fraction of sp³-hybridized carbons (Fsp3) is 0.429. The Balaban J connectivity index is 1.22. The lowest BCUT2D eigenvalue weighted by atomic mass is 10.0. The van der Waals surface area contributed by atoms with E-state index in [2.05, 4.69) is 15.3 Å². The predicted octanol–water partition coefficient (Wildman–Crippen LogP) is 1.50. The van der Waals surface area contributed by atoms with Crippen LogP contribution in [0.2, 0.25) is 0 Å². The summed E-state index contributed by atoms with van der Waals surface area (Å²) >= 11 is 0. The molecule has 9 nitrogen and oxygen atoms in total. The van der Waals surface area contributed by atoms with Crippen molar-refractivity contribution in [2.75, 3.05) is 31.1 Å². The van der Waals surface area contributed by atoms with E-state index >= 15 is 0 Å². The fourth-order valence-corrected chi connectivity index (χ4v) is 4.75. The van der Waals surface area contributed by atoms with Crippen LogP contribution in [0.15, 0.2) is 30.7 Å². The Labute approximate surface area is 177 Å². The molecule has 1 saturated carbocycles. The summed E-state index contributed by atoms with van der Waals surface area (Å²) in [7, 11) is 0. The summed E-state index contributed by atoms with van der Waals surface area (Å²) in [5.41, 5.74) is 1.51. The number of ether oxygens (including phenoxy) is 1. The highest BCUT2D eigenvalue weighted by Gasteiger charge is 2.58. The highest BCUT2D eigenvalue weighted by atomic mass is 19.1. The monoisotopic (exact) mass is 427 g/mol. The third-order valence-electron chi connectivity index (χ3n) is 6.32. The molecule has 31 heavy (non-hydrogen) atoms. The first-order valence-electron chi connectivity index (χ1n) is 10.2. The molecule has 0 bridgehead atoms. The molecule has 5 rings (SSSR count). The number of nitrogens with zero attached hydrogens (tertiary/aromatic N) is 3. The highest BCUT2D eigenvalue weighted by molar-refractivity contribution is 5.92. The number of carbonyl (C=O) groups excluding carboxylic acids is 3. The van der Waals surface area contributed by atoms with Crippen molar-refractivity contribution in [3.63, 3.8) is 0 Å². The molecule has 3 amide bonds. The predicted molar refractivity (Wildman–Crippen MR) is 107 cm³/mol. The van der Waals surface area contributed by atoms with Gasteiger partial charge in [0.15, 0.2) is 0 Å². The zero-order chi connectivity index (χ0) is 21.7. The van der Waals surface area contributed by atoms with Crippen molar-refractivity contribution in [2.45, 2.75) is 18.9 Å². The second-order valence-corrected chi connectivity index (χ2v) is 8.29. The number of anilines is 1. The number of halogens is 1. The second-order valence-electron chi connectivity index (χ2n) is 8.29. The molecule has 1 unspecified atom stereocenters.